The maximum atomic E-state index is 15.5. The summed E-state index contributed by atoms with van der Waals surface area (Å²) in [6.07, 6.45) is 3.57. The Hall–Kier alpha value is -3.92. The van der Waals surface area contributed by atoms with E-state index >= 15 is 4.39 Å². The van der Waals surface area contributed by atoms with Crippen LogP contribution in [0.15, 0.2) is 48.5 Å². The lowest BCUT2D eigenvalue weighted by atomic mass is 9.82. The number of amides is 1. The number of halogens is 1. The van der Waals surface area contributed by atoms with Crippen molar-refractivity contribution >= 4 is 11.9 Å². The van der Waals surface area contributed by atoms with Crippen LogP contribution in [-0.4, -0.2) is 53.7 Å². The number of ether oxygens (including phenoxy) is 3. The van der Waals surface area contributed by atoms with Gasteiger partial charge in [-0.1, -0.05) is 42.5 Å². The molecule has 4 rings (SSSR count). The Bertz CT molecular complexity index is 1250. The van der Waals surface area contributed by atoms with Gasteiger partial charge in [0, 0.05) is 17.7 Å². The van der Waals surface area contributed by atoms with Crippen molar-refractivity contribution in [3.63, 3.8) is 0 Å². The first-order valence-electron chi connectivity index (χ1n) is 12.6. The number of nitrogens with zero attached hydrogens (tertiary/aromatic N) is 2. The van der Waals surface area contributed by atoms with E-state index in [1.165, 1.54) is 13.2 Å². The molecular weight excluding hydrogens is 493 g/mol. The topological polar surface area (TPSA) is 126 Å². The molecule has 9 nitrogen and oxygen atoms in total. The number of primary amides is 1. The summed E-state index contributed by atoms with van der Waals surface area (Å²) in [5.41, 5.74) is 7.35. The first-order chi connectivity index (χ1) is 18.4. The molecule has 1 fully saturated rings. The number of carbonyl (C=O) groups is 2. The Labute approximate surface area is 220 Å². The number of carbonyl (C=O) groups excluding carboxylic acids is 1. The van der Waals surface area contributed by atoms with E-state index in [0.29, 0.717) is 30.3 Å². The maximum absolute atomic E-state index is 15.5. The maximum Gasteiger partial charge on any atom is 0.329 e. The van der Waals surface area contributed by atoms with Crippen LogP contribution < -0.4 is 15.2 Å². The van der Waals surface area contributed by atoms with Crippen LogP contribution in [-0.2, 0) is 20.9 Å². The van der Waals surface area contributed by atoms with Crippen LogP contribution in [0.4, 0.5) is 4.39 Å². The molecular formula is C28H32FN3O6. The second-order valence-corrected chi connectivity index (χ2v) is 9.45. The predicted molar refractivity (Wildman–Crippen MR) is 138 cm³/mol. The third-order valence-corrected chi connectivity index (χ3v) is 6.73. The summed E-state index contributed by atoms with van der Waals surface area (Å²) in [6.45, 7) is 0.249. The monoisotopic (exact) mass is 525 g/mol. The number of nitrogens with two attached hydrogens (primary N) is 1. The van der Waals surface area contributed by atoms with Crippen LogP contribution in [0.25, 0.3) is 22.4 Å². The molecule has 3 N–H and O–H groups in total. The van der Waals surface area contributed by atoms with Crippen LogP contribution >= 0.6 is 0 Å². The number of aliphatic carboxylic acids is 1. The van der Waals surface area contributed by atoms with Gasteiger partial charge in [0.25, 0.3) is 5.91 Å². The van der Waals surface area contributed by atoms with Crippen molar-refractivity contribution in [2.24, 2.45) is 17.6 Å². The highest BCUT2D eigenvalue weighted by Gasteiger charge is 2.29. The molecule has 0 radical (unpaired) electrons. The molecule has 0 unspecified atom stereocenters. The van der Waals surface area contributed by atoms with Gasteiger partial charge in [-0.3, -0.25) is 4.79 Å². The van der Waals surface area contributed by atoms with Crippen LogP contribution in [0, 0.1) is 17.7 Å². The molecule has 1 aliphatic rings. The van der Waals surface area contributed by atoms with Crippen molar-refractivity contribution in [1.82, 2.24) is 9.78 Å². The molecule has 1 heterocycles. The molecule has 0 spiro atoms. The number of carboxylic acids is 1. The highest BCUT2D eigenvalue weighted by Crippen LogP contribution is 2.43. The van der Waals surface area contributed by atoms with Gasteiger partial charge in [0.1, 0.15) is 12.3 Å². The Kier molecular flexibility index (Phi) is 8.96. The SMILES string of the molecule is COc1cccc(-c2c(-c3ccccc3)nn(C[C@H]3CC[C@@H](COCC(=O)O)CC3)c2OCC(N)=O)c1F. The molecule has 1 aliphatic carbocycles. The normalized spacial score (nSPS) is 17.2. The van der Waals surface area contributed by atoms with E-state index in [1.807, 2.05) is 30.3 Å². The number of hydrogen-bond donors (Lipinski definition) is 2. The summed E-state index contributed by atoms with van der Waals surface area (Å²) < 4.78 is 33.6. The summed E-state index contributed by atoms with van der Waals surface area (Å²) in [7, 11) is 1.40. The molecule has 1 aromatic heterocycles. The Balaban J connectivity index is 1.68. The number of carboxylic acid groups (broad SMARTS) is 1. The van der Waals surface area contributed by atoms with Crippen molar-refractivity contribution in [2.75, 3.05) is 26.9 Å². The minimum atomic E-state index is -0.974. The van der Waals surface area contributed by atoms with Crippen LogP contribution in [0.2, 0.25) is 0 Å². The summed E-state index contributed by atoms with van der Waals surface area (Å²) in [5, 5.41) is 13.6. The van der Waals surface area contributed by atoms with E-state index in [-0.39, 0.29) is 36.3 Å². The number of methoxy groups -OCH3 is 1. The average Bonchev–Trinajstić information content (AvgIpc) is 3.26. The van der Waals surface area contributed by atoms with Crippen molar-refractivity contribution < 1.29 is 33.3 Å². The fraction of sp³-hybridized carbons (Fsp3) is 0.393. The van der Waals surface area contributed by atoms with Crippen molar-refractivity contribution in [3.05, 3.63) is 54.3 Å². The number of benzene rings is 2. The van der Waals surface area contributed by atoms with E-state index < -0.39 is 17.7 Å². The summed E-state index contributed by atoms with van der Waals surface area (Å²) in [5.74, 6) is -1.28. The average molecular weight is 526 g/mol. The summed E-state index contributed by atoms with van der Waals surface area (Å²) in [4.78, 5) is 22.4. The fourth-order valence-corrected chi connectivity index (χ4v) is 4.90. The molecule has 1 amide bonds. The lowest BCUT2D eigenvalue weighted by Crippen LogP contribution is -2.24. The van der Waals surface area contributed by atoms with Crippen LogP contribution in [0.3, 0.4) is 0 Å². The van der Waals surface area contributed by atoms with Gasteiger partial charge in [-0.05, 0) is 43.6 Å². The van der Waals surface area contributed by atoms with E-state index in [0.717, 1.165) is 31.2 Å². The van der Waals surface area contributed by atoms with Gasteiger partial charge in [-0.2, -0.15) is 5.10 Å². The van der Waals surface area contributed by atoms with Gasteiger partial charge in [0.05, 0.1) is 19.3 Å². The quantitative estimate of drug-likeness (QED) is 0.364. The molecule has 0 bridgehead atoms. The van der Waals surface area contributed by atoms with Gasteiger partial charge in [-0.15, -0.1) is 0 Å². The molecule has 0 atom stereocenters. The highest BCUT2D eigenvalue weighted by molar-refractivity contribution is 5.86. The minimum Gasteiger partial charge on any atom is -0.494 e. The van der Waals surface area contributed by atoms with Gasteiger partial charge in [0.2, 0.25) is 5.88 Å². The number of aromatic nitrogens is 2. The molecule has 2 aromatic carbocycles. The minimum absolute atomic E-state index is 0.0820. The van der Waals surface area contributed by atoms with Gasteiger partial charge >= 0.3 is 5.97 Å². The molecule has 1 saturated carbocycles. The zero-order chi connectivity index (χ0) is 27.1. The lowest BCUT2D eigenvalue weighted by Gasteiger charge is -2.28. The second kappa shape index (κ2) is 12.6. The highest BCUT2D eigenvalue weighted by atomic mass is 19.1. The molecule has 0 aliphatic heterocycles. The summed E-state index contributed by atoms with van der Waals surface area (Å²) in [6, 6.07) is 14.3. The van der Waals surface area contributed by atoms with E-state index in [4.69, 9.17) is 30.1 Å². The first kappa shape index (κ1) is 27.1. The van der Waals surface area contributed by atoms with Gasteiger partial charge in [-0.25, -0.2) is 13.9 Å². The molecule has 202 valence electrons. The predicted octanol–water partition coefficient (Wildman–Crippen LogP) is 4.14. The smallest absolute Gasteiger partial charge is 0.329 e. The second-order valence-electron chi connectivity index (χ2n) is 9.45. The Morgan fingerprint density at radius 3 is 2.42 bits per heavy atom. The largest absolute Gasteiger partial charge is 0.494 e. The lowest BCUT2D eigenvalue weighted by molar-refractivity contribution is -0.142. The third kappa shape index (κ3) is 6.49. The van der Waals surface area contributed by atoms with Crippen LogP contribution in [0.5, 0.6) is 11.6 Å². The van der Waals surface area contributed by atoms with Crippen LogP contribution in [0.1, 0.15) is 25.7 Å². The fourth-order valence-electron chi connectivity index (χ4n) is 4.90. The van der Waals surface area contributed by atoms with Gasteiger partial charge in [0.15, 0.2) is 18.2 Å². The Morgan fingerprint density at radius 2 is 1.76 bits per heavy atom. The first-order valence-corrected chi connectivity index (χ1v) is 12.6. The van der Waals surface area contributed by atoms with E-state index in [9.17, 15) is 9.59 Å². The molecule has 38 heavy (non-hydrogen) atoms. The Morgan fingerprint density at radius 1 is 1.05 bits per heavy atom. The number of rotatable bonds is 12. The summed E-state index contributed by atoms with van der Waals surface area (Å²) >= 11 is 0. The zero-order valence-electron chi connectivity index (χ0n) is 21.3. The van der Waals surface area contributed by atoms with E-state index in [2.05, 4.69) is 0 Å². The molecule has 0 saturated heterocycles. The third-order valence-electron chi connectivity index (χ3n) is 6.73. The molecule has 3 aromatic rings. The van der Waals surface area contributed by atoms with Crippen molar-refractivity contribution in [2.45, 2.75) is 32.2 Å². The van der Waals surface area contributed by atoms with E-state index in [1.54, 1.807) is 16.8 Å². The standard InChI is InChI=1S/C28H32FN3O6/c1-36-22-9-5-8-21(26(22)29)25-27(20-6-3-2-4-7-20)31-32(28(25)38-16-23(30)33)14-18-10-12-19(13-11-18)15-37-17-24(34)35/h2-9,18-19H,10-17H2,1H3,(H2,30,33)(H,34,35)/t18-,19+. The number of hydrogen-bond acceptors (Lipinski definition) is 6. The molecule has 10 heteroatoms. The van der Waals surface area contributed by atoms with Gasteiger partial charge < -0.3 is 25.1 Å². The zero-order valence-corrected chi connectivity index (χ0v) is 21.3. The van der Waals surface area contributed by atoms with Crippen molar-refractivity contribution in [1.29, 1.82) is 0 Å². The van der Waals surface area contributed by atoms with Crippen molar-refractivity contribution in [3.8, 4) is 34.0 Å².